The predicted octanol–water partition coefficient (Wildman–Crippen LogP) is 2.73. The van der Waals surface area contributed by atoms with E-state index in [1.807, 2.05) is 30.3 Å². The third-order valence-electron chi connectivity index (χ3n) is 5.92. The number of esters is 1. The summed E-state index contributed by atoms with van der Waals surface area (Å²) in [7, 11) is 0. The molecule has 2 aliphatic rings. The van der Waals surface area contributed by atoms with Crippen molar-refractivity contribution in [2.75, 3.05) is 13.2 Å². The lowest BCUT2D eigenvalue weighted by atomic mass is 9.65. The number of fused-ring (bicyclic) bond motifs is 2. The molecule has 2 aliphatic carbocycles. The van der Waals surface area contributed by atoms with E-state index in [4.69, 9.17) is 10.5 Å². The maximum Gasteiger partial charge on any atom is 0.325 e. The van der Waals surface area contributed by atoms with Gasteiger partial charge in [0.05, 0.1) is 6.61 Å². The van der Waals surface area contributed by atoms with Gasteiger partial charge in [-0.2, -0.15) is 0 Å². The van der Waals surface area contributed by atoms with E-state index in [1.54, 1.807) is 11.8 Å². The Morgan fingerprint density at radius 2 is 1.81 bits per heavy atom. The second-order valence-electron chi connectivity index (χ2n) is 7.68. The van der Waals surface area contributed by atoms with E-state index in [2.05, 4.69) is 0 Å². The first kappa shape index (κ1) is 18.9. The molecule has 2 atom stereocenters. The maximum atomic E-state index is 13.3. The van der Waals surface area contributed by atoms with Crippen LogP contribution in [0.15, 0.2) is 30.3 Å². The number of nitrogens with zero attached hydrogens (tertiary/aromatic N) is 1. The van der Waals surface area contributed by atoms with E-state index in [9.17, 15) is 9.59 Å². The zero-order valence-corrected chi connectivity index (χ0v) is 15.6. The van der Waals surface area contributed by atoms with Crippen molar-refractivity contribution < 1.29 is 14.3 Å². The minimum atomic E-state index is -0.343. The fraction of sp³-hybridized carbons (Fsp3) is 0.619. The normalized spacial score (nSPS) is 27.6. The van der Waals surface area contributed by atoms with E-state index in [-0.39, 0.29) is 30.4 Å². The summed E-state index contributed by atoms with van der Waals surface area (Å²) in [4.78, 5) is 27.0. The molecule has 2 saturated carbocycles. The predicted molar refractivity (Wildman–Crippen MR) is 100 cm³/mol. The number of carbonyl (C=O) groups excluding carboxylic acids is 2. The maximum absolute atomic E-state index is 13.3. The zero-order chi connectivity index (χ0) is 18.5. The summed E-state index contributed by atoms with van der Waals surface area (Å²) in [6.45, 7) is 2.56. The van der Waals surface area contributed by atoms with Gasteiger partial charge in [0.1, 0.15) is 6.54 Å². The molecule has 2 fully saturated rings. The van der Waals surface area contributed by atoms with Crippen molar-refractivity contribution in [3.63, 3.8) is 0 Å². The average Bonchev–Trinajstić information content (AvgIpc) is 2.61. The van der Waals surface area contributed by atoms with Crippen LogP contribution < -0.4 is 5.73 Å². The summed E-state index contributed by atoms with van der Waals surface area (Å²) in [5, 5.41) is 0. The molecule has 1 amide bonds. The minimum absolute atomic E-state index is 0.0133. The highest BCUT2D eigenvalue weighted by atomic mass is 16.5. The summed E-state index contributed by atoms with van der Waals surface area (Å²) in [5.74, 6) is 0.591. The number of ether oxygens (including phenoxy) is 1. The van der Waals surface area contributed by atoms with Crippen LogP contribution in [0.25, 0.3) is 0 Å². The first-order chi connectivity index (χ1) is 12.6. The number of rotatable bonds is 6. The van der Waals surface area contributed by atoms with Crippen LogP contribution in [-0.2, 0) is 20.9 Å². The van der Waals surface area contributed by atoms with Gasteiger partial charge >= 0.3 is 5.97 Å². The molecular weight excluding hydrogens is 328 g/mol. The van der Waals surface area contributed by atoms with Crippen molar-refractivity contribution >= 4 is 11.9 Å². The molecule has 0 aromatic heterocycles. The standard InChI is InChI=1S/C21H30N2O3/c1-2-26-19(24)14-23(13-15-7-4-3-5-8-15)21(25)18-11-16-9-6-10-17(12-18)20(16)22/h3-5,7-8,16-18,20H,2,6,9-14,22H2,1H3. The zero-order valence-electron chi connectivity index (χ0n) is 15.6. The van der Waals surface area contributed by atoms with Gasteiger partial charge in [-0.05, 0) is 50.0 Å². The molecule has 0 heterocycles. The fourth-order valence-corrected chi connectivity index (χ4v) is 4.63. The van der Waals surface area contributed by atoms with Gasteiger partial charge < -0.3 is 15.4 Å². The number of carbonyl (C=O) groups is 2. The average molecular weight is 358 g/mol. The Bertz CT molecular complexity index is 605. The summed E-state index contributed by atoms with van der Waals surface area (Å²) in [6.07, 6.45) is 5.17. The van der Waals surface area contributed by atoms with E-state index >= 15 is 0 Å². The molecule has 0 aliphatic heterocycles. The van der Waals surface area contributed by atoms with Gasteiger partial charge in [0.2, 0.25) is 5.91 Å². The van der Waals surface area contributed by atoms with E-state index in [1.165, 1.54) is 6.42 Å². The SMILES string of the molecule is CCOC(=O)CN(Cc1ccccc1)C(=O)C1CC2CCCC(C1)C2N. The highest BCUT2D eigenvalue weighted by Gasteiger charge is 2.41. The molecule has 1 aromatic rings. The summed E-state index contributed by atoms with van der Waals surface area (Å²) >= 11 is 0. The largest absolute Gasteiger partial charge is 0.465 e. The lowest BCUT2D eigenvalue weighted by Crippen LogP contribution is -2.50. The van der Waals surface area contributed by atoms with Crippen LogP contribution in [0.3, 0.4) is 0 Å². The van der Waals surface area contributed by atoms with Crippen LogP contribution >= 0.6 is 0 Å². The number of amides is 1. The Labute approximate surface area is 155 Å². The molecule has 0 saturated heterocycles. The smallest absolute Gasteiger partial charge is 0.325 e. The molecular formula is C21H30N2O3. The Morgan fingerprint density at radius 3 is 2.42 bits per heavy atom. The molecule has 2 N–H and O–H groups in total. The molecule has 142 valence electrons. The second kappa shape index (κ2) is 8.67. The van der Waals surface area contributed by atoms with Crippen LogP contribution in [0.5, 0.6) is 0 Å². The molecule has 5 heteroatoms. The Morgan fingerprint density at radius 1 is 1.15 bits per heavy atom. The van der Waals surface area contributed by atoms with Crippen molar-refractivity contribution in [2.45, 2.75) is 51.6 Å². The third-order valence-corrected chi connectivity index (χ3v) is 5.92. The Hall–Kier alpha value is -1.88. The van der Waals surface area contributed by atoms with Crippen LogP contribution in [-0.4, -0.2) is 36.0 Å². The van der Waals surface area contributed by atoms with Crippen molar-refractivity contribution in [3.05, 3.63) is 35.9 Å². The number of hydrogen-bond donors (Lipinski definition) is 1. The van der Waals surface area contributed by atoms with Crippen molar-refractivity contribution in [2.24, 2.45) is 23.5 Å². The topological polar surface area (TPSA) is 72.6 Å². The molecule has 1 aromatic carbocycles. The van der Waals surface area contributed by atoms with Crippen LogP contribution in [0.2, 0.25) is 0 Å². The van der Waals surface area contributed by atoms with Crippen LogP contribution in [0, 0.1) is 17.8 Å². The quantitative estimate of drug-likeness (QED) is 0.794. The van der Waals surface area contributed by atoms with Crippen molar-refractivity contribution in [1.29, 1.82) is 0 Å². The van der Waals surface area contributed by atoms with Gasteiger partial charge in [0.25, 0.3) is 0 Å². The summed E-state index contributed by atoms with van der Waals surface area (Å²) < 4.78 is 5.09. The van der Waals surface area contributed by atoms with E-state index < -0.39 is 0 Å². The van der Waals surface area contributed by atoms with Gasteiger partial charge in [-0.1, -0.05) is 36.8 Å². The minimum Gasteiger partial charge on any atom is -0.465 e. The highest BCUT2D eigenvalue weighted by Crippen LogP contribution is 2.42. The first-order valence-electron chi connectivity index (χ1n) is 9.82. The van der Waals surface area contributed by atoms with Gasteiger partial charge in [0.15, 0.2) is 0 Å². The Balaban J connectivity index is 1.72. The van der Waals surface area contributed by atoms with Crippen LogP contribution in [0.4, 0.5) is 0 Å². The van der Waals surface area contributed by atoms with Crippen LogP contribution in [0.1, 0.15) is 44.6 Å². The lowest BCUT2D eigenvalue weighted by Gasteiger charge is -2.44. The molecule has 2 unspecified atom stereocenters. The lowest BCUT2D eigenvalue weighted by molar-refractivity contribution is -0.151. The van der Waals surface area contributed by atoms with E-state index in [0.717, 1.165) is 31.2 Å². The number of nitrogens with two attached hydrogens (primary N) is 1. The van der Waals surface area contributed by atoms with Gasteiger partial charge in [-0.3, -0.25) is 9.59 Å². The van der Waals surface area contributed by atoms with Gasteiger partial charge in [-0.25, -0.2) is 0 Å². The molecule has 3 rings (SSSR count). The third kappa shape index (κ3) is 4.44. The van der Waals surface area contributed by atoms with Gasteiger partial charge in [0, 0.05) is 18.5 Å². The molecule has 5 nitrogen and oxygen atoms in total. The fourth-order valence-electron chi connectivity index (χ4n) is 4.63. The van der Waals surface area contributed by atoms with Gasteiger partial charge in [-0.15, -0.1) is 0 Å². The summed E-state index contributed by atoms with van der Waals surface area (Å²) in [6, 6.07) is 10.1. The second-order valence-corrected chi connectivity index (χ2v) is 7.68. The molecule has 0 radical (unpaired) electrons. The highest BCUT2D eigenvalue weighted by molar-refractivity contribution is 5.83. The van der Waals surface area contributed by atoms with E-state index in [0.29, 0.717) is 25.0 Å². The molecule has 26 heavy (non-hydrogen) atoms. The molecule has 0 spiro atoms. The monoisotopic (exact) mass is 358 g/mol. The number of benzene rings is 1. The number of hydrogen-bond acceptors (Lipinski definition) is 4. The summed E-state index contributed by atoms with van der Waals surface area (Å²) in [5.41, 5.74) is 7.39. The molecule has 2 bridgehead atoms. The van der Waals surface area contributed by atoms with Crippen molar-refractivity contribution in [1.82, 2.24) is 4.90 Å². The Kier molecular flexibility index (Phi) is 6.30. The van der Waals surface area contributed by atoms with Crippen molar-refractivity contribution in [3.8, 4) is 0 Å². The first-order valence-corrected chi connectivity index (χ1v) is 9.82.